The van der Waals surface area contributed by atoms with Crippen molar-refractivity contribution in [1.29, 1.82) is 0 Å². The summed E-state index contributed by atoms with van der Waals surface area (Å²) >= 11 is 0. The molecule has 0 aliphatic carbocycles. The number of piperidine rings is 1. The van der Waals surface area contributed by atoms with E-state index in [0.717, 1.165) is 96.4 Å². The molecule has 3 aliphatic rings. The van der Waals surface area contributed by atoms with Crippen molar-refractivity contribution >= 4 is 89.3 Å². The van der Waals surface area contributed by atoms with Crippen LogP contribution in [0, 0.1) is 26.1 Å². The second-order valence-electron chi connectivity index (χ2n) is 29.9. The van der Waals surface area contributed by atoms with E-state index in [1.807, 2.05) is 220 Å². The third-order valence-electron chi connectivity index (χ3n) is 22.2. The van der Waals surface area contributed by atoms with E-state index in [1.165, 1.54) is 17.5 Å². The van der Waals surface area contributed by atoms with Gasteiger partial charge in [0.25, 0.3) is 39.5 Å². The SMILES string of the molecule is CC.O=C1/C(=C/c2ccccc2)N=C(c2ccccc2)N1c1ccc(-c2n[nH]c(=O)c3ccccc23)cc1.O=c1[nH]nc(-c2ccc(-n3cncn3)cc2)c2ccccc12.O=c1[nH]nc(-c2ccc(N3CCC(Cc4ccccc4)CC3)c([N+](=O)[O-])c2)c2ccccc12.O=c1[nH]nc(-c2ccc(N3CCN(Cc4ccccc4)CC3)c([N+](=O)[O-])c2)c2ccccc12. The predicted molar refractivity (Wildman–Crippen MR) is 495 cm³/mol. The number of aliphatic imine (C=N–C) groups is 1. The van der Waals surface area contributed by atoms with Crippen molar-refractivity contribution in [1.82, 2.24) is 60.5 Å². The number of nitrogens with zero attached hydrogens (tertiary/aromatic N) is 14. The Morgan fingerprint density at radius 2 is 0.770 bits per heavy atom. The topological polar surface area (TPSA) is 342 Å². The van der Waals surface area contributed by atoms with E-state index < -0.39 is 0 Å². The molecular formula is C99H84N18O9. The molecule has 20 rings (SSSR count). The summed E-state index contributed by atoms with van der Waals surface area (Å²) in [7, 11) is 0. The molecule has 0 radical (unpaired) electrons. The Hall–Kier alpha value is -16.4. The zero-order valence-electron chi connectivity index (χ0n) is 68.7. The molecule has 0 unspecified atom stereocenters. The fourth-order valence-electron chi connectivity index (χ4n) is 15.9. The number of hydrogen-bond donors (Lipinski definition) is 4. The fraction of sp³-hybridized carbons (Fsp3) is 0.131. The first-order valence-electron chi connectivity index (χ1n) is 41.3. The molecule has 4 N–H and O–H groups in total. The largest absolute Gasteiger partial charge is 0.366 e. The lowest BCUT2D eigenvalue weighted by Crippen LogP contribution is -2.46. The van der Waals surface area contributed by atoms with Gasteiger partial charge in [0.1, 0.15) is 35.6 Å². The minimum absolute atomic E-state index is 0.0427. The van der Waals surface area contributed by atoms with Gasteiger partial charge in [-0.25, -0.2) is 35.1 Å². The van der Waals surface area contributed by atoms with Crippen LogP contribution in [0.2, 0.25) is 0 Å². The number of fused-ring (bicyclic) bond motifs is 4. The fourth-order valence-corrected chi connectivity index (χ4v) is 15.9. The van der Waals surface area contributed by atoms with Gasteiger partial charge in [0, 0.05) is 107 Å². The maximum atomic E-state index is 13.6. The van der Waals surface area contributed by atoms with Crippen LogP contribution < -0.4 is 36.9 Å². The number of nitrogens with one attached hydrogen (secondary N) is 4. The average molecular weight is 1670 g/mol. The number of H-pyrrole nitrogens is 4. The van der Waals surface area contributed by atoms with Crippen molar-refractivity contribution in [2.75, 3.05) is 54.0 Å². The molecule has 2 fully saturated rings. The number of carbonyl (C=O) groups excluding carboxylic acids is 1. The summed E-state index contributed by atoms with van der Waals surface area (Å²) in [6, 6.07) is 95.0. The number of aromatic nitrogens is 11. The number of hydrogen-bond acceptors (Lipinski definition) is 19. The third-order valence-corrected chi connectivity index (χ3v) is 22.2. The lowest BCUT2D eigenvalue weighted by molar-refractivity contribution is -0.384. The standard InChI is InChI=1S/C30H20N4O2.C26H24N4O3.C25H23N5O3.C16H11N5O.C2H6/c35-29-25-14-8-7-13-24(25)27(32-33-29)21-15-17-23(18-16-21)34-28(22-11-5-2-6-12-22)31-26(30(34)36)19-20-9-3-1-4-10-20;31-26-22-9-5-4-8-21(22)25(27-28-26)20-10-11-23(24(17-20)30(32)33)29-14-12-19(13-15-29)16-18-6-2-1-3-7-18;31-25-21-9-5-4-8-20(21)24(26-27-25)19-10-11-22(23(16-19)30(32)33)29-14-12-28(13-15-29)17-18-6-2-1-3-7-18;22-16-14-4-2-1-3-13(14)15(19-20-16)11-5-7-12(8-6-11)21-10-17-9-18-21;1-2/h1-19H,(H,33,35);1-11,17,19H,12-16H2,(H,28,31);1-11,16H,12-15,17H2,(H,27,31);1-10H,(H,20,22);1-2H3/b26-19-;;;;. The van der Waals surface area contributed by atoms with Gasteiger partial charge in [-0.2, -0.15) is 25.5 Å². The van der Waals surface area contributed by atoms with E-state index in [2.05, 4.69) is 102 Å². The van der Waals surface area contributed by atoms with Crippen LogP contribution in [-0.4, -0.2) is 121 Å². The van der Waals surface area contributed by atoms with Crippen LogP contribution in [-0.2, 0) is 17.8 Å². The summed E-state index contributed by atoms with van der Waals surface area (Å²) in [5.41, 5.74) is 12.1. The summed E-state index contributed by atoms with van der Waals surface area (Å²) < 4.78 is 1.68. The maximum absolute atomic E-state index is 13.6. The van der Waals surface area contributed by atoms with Crippen molar-refractivity contribution in [3.8, 4) is 50.7 Å². The maximum Gasteiger partial charge on any atom is 0.293 e. The first kappa shape index (κ1) is 83.2. The van der Waals surface area contributed by atoms with Gasteiger partial charge in [0.2, 0.25) is 0 Å². The molecule has 12 aromatic carbocycles. The minimum atomic E-state index is -0.344. The van der Waals surface area contributed by atoms with Gasteiger partial charge in [-0.05, 0) is 109 Å². The molecule has 126 heavy (non-hydrogen) atoms. The smallest absolute Gasteiger partial charge is 0.293 e. The Balaban J connectivity index is 0.000000124. The summed E-state index contributed by atoms with van der Waals surface area (Å²) in [6.07, 6.45) is 7.98. The molecule has 624 valence electrons. The number of benzene rings is 12. The summed E-state index contributed by atoms with van der Waals surface area (Å²) in [5.74, 6) is 0.958. The molecule has 17 aromatic rings. The van der Waals surface area contributed by atoms with E-state index in [0.29, 0.717) is 108 Å². The van der Waals surface area contributed by atoms with Crippen LogP contribution in [0.5, 0.6) is 0 Å². The number of amidine groups is 1. The Bertz CT molecular complexity index is 6890. The highest BCUT2D eigenvalue weighted by atomic mass is 16.6. The number of piperazine rings is 1. The van der Waals surface area contributed by atoms with E-state index in [1.54, 1.807) is 82.6 Å². The highest BCUT2D eigenvalue weighted by molar-refractivity contribution is 6.33. The van der Waals surface area contributed by atoms with Crippen LogP contribution in [0.3, 0.4) is 0 Å². The van der Waals surface area contributed by atoms with Crippen LogP contribution in [0.15, 0.2) is 346 Å². The second-order valence-corrected chi connectivity index (χ2v) is 29.9. The van der Waals surface area contributed by atoms with E-state index in [9.17, 15) is 44.2 Å². The monoisotopic (exact) mass is 1670 g/mol. The van der Waals surface area contributed by atoms with Crippen LogP contribution >= 0.6 is 0 Å². The minimum Gasteiger partial charge on any atom is -0.366 e. The third kappa shape index (κ3) is 18.6. The molecule has 1 amide bonds. The van der Waals surface area contributed by atoms with E-state index in [-0.39, 0.29) is 49.4 Å². The van der Waals surface area contributed by atoms with Gasteiger partial charge < -0.3 is 9.80 Å². The summed E-state index contributed by atoms with van der Waals surface area (Å²) in [5, 5.41) is 60.2. The molecule has 5 aromatic heterocycles. The molecule has 3 aliphatic heterocycles. The van der Waals surface area contributed by atoms with Crippen molar-refractivity contribution < 1.29 is 14.6 Å². The van der Waals surface area contributed by atoms with Gasteiger partial charge in [-0.1, -0.05) is 244 Å². The molecular weight excluding hydrogens is 1590 g/mol. The number of amides is 1. The molecule has 0 bridgehead atoms. The summed E-state index contributed by atoms with van der Waals surface area (Å²) in [6.45, 7) is 9.55. The number of nitro benzene ring substituents is 2. The molecule has 0 spiro atoms. The quantitative estimate of drug-likeness (QED) is 0.0396. The molecule has 8 heterocycles. The van der Waals surface area contributed by atoms with Gasteiger partial charge in [0.05, 0.1) is 65.5 Å². The van der Waals surface area contributed by atoms with E-state index >= 15 is 0 Å². The zero-order valence-corrected chi connectivity index (χ0v) is 68.7. The van der Waals surface area contributed by atoms with Crippen molar-refractivity contribution in [3.63, 3.8) is 0 Å². The first-order chi connectivity index (χ1) is 61.7. The number of carbonyl (C=O) groups is 1. The normalized spacial score (nSPS) is 13.7. The van der Waals surface area contributed by atoms with Crippen LogP contribution in [0.4, 0.5) is 28.4 Å². The van der Waals surface area contributed by atoms with Gasteiger partial charge in [-0.15, -0.1) is 0 Å². The number of rotatable bonds is 16. The lowest BCUT2D eigenvalue weighted by Gasteiger charge is -2.35. The van der Waals surface area contributed by atoms with E-state index in [4.69, 9.17) is 4.99 Å². The number of anilines is 3. The first-order valence-corrected chi connectivity index (χ1v) is 41.3. The van der Waals surface area contributed by atoms with Crippen molar-refractivity contribution in [2.24, 2.45) is 10.9 Å². The Morgan fingerprint density at radius 1 is 0.397 bits per heavy atom. The van der Waals surface area contributed by atoms with Gasteiger partial charge in [-0.3, -0.25) is 54.0 Å². The van der Waals surface area contributed by atoms with Crippen LogP contribution in [0.25, 0.3) is 99.9 Å². The molecule has 0 atom stereocenters. The van der Waals surface area contributed by atoms with Crippen molar-refractivity contribution in [2.45, 2.75) is 39.7 Å². The Morgan fingerprint density at radius 3 is 1.19 bits per heavy atom. The second kappa shape index (κ2) is 38.5. The average Bonchev–Trinajstić information content (AvgIpc) is 1.71. The number of nitro groups is 2. The highest BCUT2D eigenvalue weighted by Gasteiger charge is 2.34. The Kier molecular flexibility index (Phi) is 25.5. The van der Waals surface area contributed by atoms with Crippen molar-refractivity contribution in [3.05, 3.63) is 406 Å². The predicted octanol–water partition coefficient (Wildman–Crippen LogP) is 17.4. The lowest BCUT2D eigenvalue weighted by atomic mass is 9.90. The van der Waals surface area contributed by atoms with Gasteiger partial charge in [0.15, 0.2) is 0 Å². The highest BCUT2D eigenvalue weighted by Crippen LogP contribution is 2.40. The summed E-state index contributed by atoms with van der Waals surface area (Å²) in [4.78, 5) is 102. The molecule has 27 nitrogen and oxygen atoms in total. The van der Waals surface area contributed by atoms with Crippen LogP contribution in [0.1, 0.15) is 48.9 Å². The Labute approximate surface area is 721 Å². The van der Waals surface area contributed by atoms with Gasteiger partial charge >= 0.3 is 0 Å². The molecule has 2 saturated heterocycles. The zero-order chi connectivity index (χ0) is 87.0. The molecule has 27 heteroatoms. The molecule has 0 saturated carbocycles. The number of aromatic amines is 4.